The Labute approximate surface area is 103 Å². The van der Waals surface area contributed by atoms with Crippen molar-refractivity contribution in [1.82, 2.24) is 19.5 Å². The van der Waals surface area contributed by atoms with Crippen molar-refractivity contribution in [3.8, 4) is 0 Å². The topological polar surface area (TPSA) is 92.7 Å². The van der Waals surface area contributed by atoms with Gasteiger partial charge in [-0.25, -0.2) is 14.8 Å². The molecule has 0 aliphatic carbocycles. The van der Waals surface area contributed by atoms with Gasteiger partial charge in [0, 0.05) is 12.5 Å². The number of H-pyrrole nitrogens is 1. The Morgan fingerprint density at radius 1 is 1.39 bits per heavy atom. The van der Waals surface area contributed by atoms with Crippen LogP contribution in [-0.4, -0.2) is 25.4 Å². The van der Waals surface area contributed by atoms with E-state index in [4.69, 9.17) is 0 Å². The third-order valence-electron chi connectivity index (χ3n) is 2.44. The fraction of sp³-hybridized carbons (Fsp3) is 0.455. The van der Waals surface area contributed by atoms with E-state index < -0.39 is 5.54 Å². The molecular formula is C11H15N5O2. The molecule has 0 radical (unpaired) electrons. The largest absolute Gasteiger partial charge is 0.328 e. The number of anilines is 1. The lowest BCUT2D eigenvalue weighted by Gasteiger charge is -2.19. The first-order valence-electron chi connectivity index (χ1n) is 5.54. The molecule has 0 atom stereocenters. The monoisotopic (exact) mass is 249 g/mol. The van der Waals surface area contributed by atoms with Gasteiger partial charge < -0.3 is 10.3 Å². The Morgan fingerprint density at radius 2 is 2.06 bits per heavy atom. The molecule has 2 N–H and O–H groups in total. The van der Waals surface area contributed by atoms with Crippen molar-refractivity contribution in [1.29, 1.82) is 0 Å². The molecule has 2 aromatic heterocycles. The van der Waals surface area contributed by atoms with E-state index in [1.54, 1.807) is 0 Å². The number of fused-ring (bicyclic) bond motifs is 1. The van der Waals surface area contributed by atoms with E-state index in [2.05, 4.69) is 20.3 Å². The second kappa shape index (κ2) is 3.94. The van der Waals surface area contributed by atoms with Gasteiger partial charge in [-0.05, 0) is 20.8 Å². The molecular weight excluding hydrogens is 234 g/mol. The zero-order valence-electron chi connectivity index (χ0n) is 10.7. The van der Waals surface area contributed by atoms with Crippen molar-refractivity contribution in [3.05, 3.63) is 16.8 Å². The minimum atomic E-state index is -0.406. The Bertz CT molecular complexity index is 662. The highest BCUT2D eigenvalue weighted by Crippen LogP contribution is 2.20. The van der Waals surface area contributed by atoms with Crippen molar-refractivity contribution in [2.45, 2.75) is 33.2 Å². The van der Waals surface area contributed by atoms with Crippen molar-refractivity contribution >= 4 is 22.9 Å². The van der Waals surface area contributed by atoms with Crippen LogP contribution in [-0.2, 0) is 10.3 Å². The van der Waals surface area contributed by atoms with Gasteiger partial charge in [0.1, 0.15) is 11.8 Å². The van der Waals surface area contributed by atoms with Gasteiger partial charge in [-0.3, -0.25) is 9.36 Å². The van der Waals surface area contributed by atoms with Crippen LogP contribution >= 0.6 is 0 Å². The summed E-state index contributed by atoms with van der Waals surface area (Å²) in [6.07, 6.45) is 1.32. The zero-order chi connectivity index (χ0) is 13.5. The normalized spacial score (nSPS) is 11.8. The number of hydrogen-bond acceptors (Lipinski definition) is 4. The van der Waals surface area contributed by atoms with Gasteiger partial charge in [-0.2, -0.15) is 0 Å². The standard InChI is InChI=1S/C11H15N5O2/c1-6(17)14-8-7-9(13-5-12-8)16(10(18)15-7)11(2,3)4/h5H,1-4H3,(H,15,18)(H,12,13,14,17). The first-order valence-corrected chi connectivity index (χ1v) is 5.54. The molecule has 0 aliphatic rings. The highest BCUT2D eigenvalue weighted by molar-refractivity contribution is 5.95. The van der Waals surface area contributed by atoms with Crippen LogP contribution in [0.25, 0.3) is 11.2 Å². The summed E-state index contributed by atoms with van der Waals surface area (Å²) in [4.78, 5) is 33.8. The number of hydrogen-bond donors (Lipinski definition) is 2. The lowest BCUT2D eigenvalue weighted by Crippen LogP contribution is -2.32. The smallest absolute Gasteiger partial charge is 0.309 e. The molecule has 0 aromatic carbocycles. The maximum atomic E-state index is 12.0. The molecule has 0 bridgehead atoms. The van der Waals surface area contributed by atoms with E-state index in [9.17, 15) is 9.59 Å². The zero-order valence-corrected chi connectivity index (χ0v) is 10.7. The van der Waals surface area contributed by atoms with E-state index >= 15 is 0 Å². The fourth-order valence-electron chi connectivity index (χ4n) is 1.80. The van der Waals surface area contributed by atoms with Crippen molar-refractivity contribution in [2.75, 3.05) is 5.32 Å². The average molecular weight is 249 g/mol. The summed E-state index contributed by atoms with van der Waals surface area (Å²) in [6.45, 7) is 7.10. The summed E-state index contributed by atoms with van der Waals surface area (Å²) in [5.74, 6) is 0.0620. The molecule has 18 heavy (non-hydrogen) atoms. The first-order chi connectivity index (χ1) is 8.30. The minimum absolute atomic E-state index is 0.251. The predicted octanol–water partition coefficient (Wildman–Crippen LogP) is 0.833. The van der Waals surface area contributed by atoms with Gasteiger partial charge in [0.15, 0.2) is 11.5 Å². The molecule has 0 spiro atoms. The number of carbonyl (C=O) groups is 1. The number of imidazole rings is 1. The second-order valence-corrected chi connectivity index (χ2v) is 5.04. The van der Waals surface area contributed by atoms with Gasteiger partial charge in [-0.15, -0.1) is 0 Å². The number of aromatic nitrogens is 4. The lowest BCUT2D eigenvalue weighted by molar-refractivity contribution is -0.114. The van der Waals surface area contributed by atoms with Crippen LogP contribution in [0.2, 0.25) is 0 Å². The molecule has 1 amide bonds. The highest BCUT2D eigenvalue weighted by Gasteiger charge is 2.22. The number of nitrogens with zero attached hydrogens (tertiary/aromatic N) is 3. The minimum Gasteiger partial charge on any atom is -0.309 e. The molecule has 0 aliphatic heterocycles. The molecule has 2 aromatic rings. The molecule has 0 unspecified atom stereocenters. The van der Waals surface area contributed by atoms with E-state index in [1.807, 2.05) is 20.8 Å². The van der Waals surface area contributed by atoms with Crippen LogP contribution in [0.15, 0.2) is 11.1 Å². The first kappa shape index (κ1) is 12.3. The van der Waals surface area contributed by atoms with E-state index in [0.717, 1.165) is 0 Å². The fourth-order valence-corrected chi connectivity index (χ4v) is 1.80. The maximum absolute atomic E-state index is 12.0. The SMILES string of the molecule is CC(=O)Nc1ncnc2c1[nH]c(=O)n2C(C)(C)C. The quantitative estimate of drug-likeness (QED) is 0.783. The Balaban J connectivity index is 2.75. The van der Waals surface area contributed by atoms with Crippen LogP contribution in [0.5, 0.6) is 0 Å². The molecule has 96 valence electrons. The van der Waals surface area contributed by atoms with Gasteiger partial charge in [0.05, 0.1) is 0 Å². The number of amides is 1. The second-order valence-electron chi connectivity index (χ2n) is 5.04. The lowest BCUT2D eigenvalue weighted by atomic mass is 10.1. The molecule has 0 fully saturated rings. The van der Waals surface area contributed by atoms with E-state index in [0.29, 0.717) is 17.0 Å². The Hall–Kier alpha value is -2.18. The summed E-state index contributed by atoms with van der Waals surface area (Å²) >= 11 is 0. The van der Waals surface area contributed by atoms with E-state index in [-0.39, 0.29) is 11.6 Å². The summed E-state index contributed by atoms with van der Waals surface area (Å²) in [6, 6.07) is 0. The van der Waals surface area contributed by atoms with Crippen LogP contribution in [0.1, 0.15) is 27.7 Å². The van der Waals surface area contributed by atoms with Crippen LogP contribution in [0.3, 0.4) is 0 Å². The van der Waals surface area contributed by atoms with Gasteiger partial charge >= 0.3 is 5.69 Å². The summed E-state index contributed by atoms with van der Waals surface area (Å²) in [5, 5.41) is 2.57. The predicted molar refractivity (Wildman–Crippen MR) is 67.4 cm³/mol. The third-order valence-corrected chi connectivity index (χ3v) is 2.44. The van der Waals surface area contributed by atoms with Crippen LogP contribution < -0.4 is 11.0 Å². The molecule has 2 rings (SSSR count). The summed E-state index contributed by atoms with van der Waals surface area (Å²) in [5.41, 5.74) is 0.237. The van der Waals surface area contributed by atoms with Crippen LogP contribution in [0.4, 0.5) is 5.82 Å². The molecule has 0 saturated carbocycles. The Morgan fingerprint density at radius 3 is 2.61 bits per heavy atom. The molecule has 0 saturated heterocycles. The highest BCUT2D eigenvalue weighted by atomic mass is 16.2. The average Bonchev–Trinajstić information content (AvgIpc) is 2.53. The Kier molecular flexibility index (Phi) is 2.68. The van der Waals surface area contributed by atoms with Crippen molar-refractivity contribution in [2.24, 2.45) is 0 Å². The number of aromatic amines is 1. The third kappa shape index (κ3) is 1.99. The van der Waals surface area contributed by atoms with Crippen LogP contribution in [0, 0.1) is 0 Å². The van der Waals surface area contributed by atoms with Gasteiger partial charge in [-0.1, -0.05) is 0 Å². The maximum Gasteiger partial charge on any atom is 0.328 e. The van der Waals surface area contributed by atoms with Crippen molar-refractivity contribution in [3.63, 3.8) is 0 Å². The van der Waals surface area contributed by atoms with E-state index in [1.165, 1.54) is 17.8 Å². The van der Waals surface area contributed by atoms with Crippen molar-refractivity contribution < 1.29 is 4.79 Å². The summed E-state index contributed by atoms with van der Waals surface area (Å²) < 4.78 is 1.54. The number of carbonyl (C=O) groups excluding carboxylic acids is 1. The molecule has 7 nitrogen and oxygen atoms in total. The number of rotatable bonds is 1. The number of nitrogens with one attached hydrogen (secondary N) is 2. The van der Waals surface area contributed by atoms with Gasteiger partial charge in [0.2, 0.25) is 5.91 Å². The van der Waals surface area contributed by atoms with Gasteiger partial charge in [0.25, 0.3) is 0 Å². The molecule has 2 heterocycles. The summed E-state index contributed by atoms with van der Waals surface area (Å²) in [7, 11) is 0. The molecule has 7 heteroatoms.